The number of benzene rings is 6. The number of aromatic nitrogens is 3. The van der Waals surface area contributed by atoms with E-state index in [4.69, 9.17) is 19.2 Å². The molecule has 3 nitrogen and oxygen atoms in total. The molecule has 0 aliphatic heterocycles. The van der Waals surface area contributed by atoms with Crippen molar-refractivity contribution in [2.45, 2.75) is 110 Å². The molecule has 380 valence electrons. The van der Waals surface area contributed by atoms with Crippen LogP contribution in [0.1, 0.15) is 136 Å². The fourth-order valence-corrected chi connectivity index (χ4v) is 10.0. The predicted molar refractivity (Wildman–Crippen MR) is 315 cm³/mol. The van der Waals surface area contributed by atoms with Gasteiger partial charge in [-0.05, 0) is 157 Å². The Labute approximate surface area is 470 Å². The summed E-state index contributed by atoms with van der Waals surface area (Å²) >= 11 is 0. The third-order valence-electron chi connectivity index (χ3n) is 14.3. The molecule has 0 amide bonds. The molecule has 0 saturated heterocycles. The van der Waals surface area contributed by atoms with E-state index in [0.717, 1.165) is 56.0 Å². The molecule has 6 aromatic carbocycles. The van der Waals surface area contributed by atoms with E-state index in [1.165, 1.54) is 40.3 Å². The third kappa shape index (κ3) is 13.2. The first-order chi connectivity index (χ1) is 41.7. The van der Waals surface area contributed by atoms with Gasteiger partial charge in [-0.25, -0.2) is 13.7 Å². The maximum Gasteiger partial charge on any atom is 0.212 e. The van der Waals surface area contributed by atoms with Gasteiger partial charge in [0.05, 0.1) is 0 Å². The molecule has 3 heteroatoms. The Morgan fingerprint density at radius 1 is 0.453 bits per heavy atom. The van der Waals surface area contributed by atoms with Crippen LogP contribution in [-0.4, -0.2) is 0 Å². The summed E-state index contributed by atoms with van der Waals surface area (Å²) in [5.41, 5.74) is 18.8. The van der Waals surface area contributed by atoms with Crippen molar-refractivity contribution in [1.82, 2.24) is 0 Å². The summed E-state index contributed by atoms with van der Waals surface area (Å²) in [5, 5.41) is 0. The van der Waals surface area contributed by atoms with Crippen LogP contribution in [-0.2, 0) is 27.6 Å². The van der Waals surface area contributed by atoms with Crippen molar-refractivity contribution in [1.29, 1.82) is 0 Å². The Hall–Kier alpha value is -7.23. The monoisotopic (exact) mass is 1000 g/mol. The van der Waals surface area contributed by atoms with Crippen molar-refractivity contribution >= 4 is 0 Å². The van der Waals surface area contributed by atoms with E-state index in [0.29, 0.717) is 24.0 Å². The van der Waals surface area contributed by atoms with Gasteiger partial charge in [-0.2, -0.15) is 0 Å². The van der Waals surface area contributed by atoms with Gasteiger partial charge in [0, 0.05) is 70.8 Å². The Kier molecular flexibility index (Phi) is 12.4. The van der Waals surface area contributed by atoms with Crippen LogP contribution in [0.3, 0.4) is 0 Å². The lowest BCUT2D eigenvalue weighted by atomic mass is 9.84. The predicted octanol–water partition coefficient (Wildman–Crippen LogP) is 17.4. The van der Waals surface area contributed by atoms with Gasteiger partial charge in [-0.3, -0.25) is 0 Å². The minimum Gasteiger partial charge on any atom is -0.200 e. The molecular formula is C72H80N3+3. The molecule has 0 spiro atoms. The number of rotatable bonds is 10. The molecule has 0 N–H and O–H groups in total. The molecule has 2 fully saturated rings. The van der Waals surface area contributed by atoms with E-state index in [1.54, 1.807) is 24.3 Å². The standard InChI is InChI=1S/C25H28N.C24H26N.C23H26N/c1-19-8-6-7-11-24(19)25-17-16-23(18-26(25)2)22-14-12-21(13-15-22)20-9-4-3-5-10-20;1-18-7-3-6-10-23(18)24-16-15-22(17-25(24)2)21-13-11-20(12-14-21)19-8-4-5-9-19;1-17(2)15-19-9-11-20(12-10-19)21-13-14-23(24(4)16-21)22-8-6-5-7-18(22)3/h6-8,11-18,20H,3-5,9-10H2,1-2H3;3,6-7,10-17,19H,4-5,8-9H2,1-2H3;5-14,16-17H,15H2,1-4H3/q3*+1/i4D2,9D2,20D;4D2,8D2,19D;1D3,17D. The van der Waals surface area contributed by atoms with Crippen LogP contribution in [0.5, 0.6) is 0 Å². The Bertz CT molecular complexity index is 3990. The SMILES string of the molecule is [2H]C([2H])([2H])C([2H])(C)Cc1ccc(-c2ccc(-c3ccccc3C)[n+](C)c2)cc1.[2H]C1([2H])CCC([2H])(c2ccc(-c3ccc(-c4ccccc4C)[n+](C)c3)cc2)C1([2H])[2H].[2H]C1([2H])CCCC([2H])(c2ccc(-c3ccc(-c4ccccc4C)[n+](C)c3)cc2)C1([2H])[2H]. The maximum absolute atomic E-state index is 8.85. The van der Waals surface area contributed by atoms with E-state index in [9.17, 15) is 0 Å². The molecule has 3 heterocycles. The first kappa shape index (κ1) is 37.5. The van der Waals surface area contributed by atoms with Crippen LogP contribution in [0.2, 0.25) is 0 Å². The molecular weight excluding hydrogens is 907 g/mol. The summed E-state index contributed by atoms with van der Waals surface area (Å²) in [7, 11) is 6.09. The fraction of sp³-hybridized carbons (Fsp3) is 0.292. The number of hydrogen-bond acceptors (Lipinski definition) is 0. The number of nitrogens with zero attached hydrogens (tertiary/aromatic N) is 3. The summed E-state index contributed by atoms with van der Waals surface area (Å²) in [4.78, 5) is 0. The summed E-state index contributed by atoms with van der Waals surface area (Å²) in [5.74, 6) is -4.66. The van der Waals surface area contributed by atoms with E-state index in [-0.39, 0.29) is 25.7 Å². The summed E-state index contributed by atoms with van der Waals surface area (Å²) < 4.78 is 120. The molecule has 2 aliphatic rings. The molecule has 11 rings (SSSR count). The zero-order valence-corrected chi connectivity index (χ0v) is 44.6. The van der Waals surface area contributed by atoms with Gasteiger partial charge in [0.2, 0.25) is 17.1 Å². The zero-order valence-electron chi connectivity index (χ0n) is 58.6. The Balaban J connectivity index is 0.000000159. The van der Waals surface area contributed by atoms with Crippen LogP contribution in [0, 0.1) is 26.7 Å². The van der Waals surface area contributed by atoms with Crippen LogP contribution in [0.4, 0.5) is 0 Å². The van der Waals surface area contributed by atoms with Gasteiger partial charge in [0.1, 0.15) is 21.1 Å². The summed E-state index contributed by atoms with van der Waals surface area (Å²) in [6.45, 7) is 5.48. The van der Waals surface area contributed by atoms with Crippen molar-refractivity contribution < 1.29 is 32.9 Å². The molecule has 2 saturated carbocycles. The average molecular weight is 1000 g/mol. The second kappa shape index (κ2) is 24.9. The first-order valence-corrected chi connectivity index (χ1v) is 26.2. The molecule has 3 atom stereocenters. The Morgan fingerprint density at radius 3 is 1.16 bits per heavy atom. The van der Waals surface area contributed by atoms with E-state index >= 15 is 0 Å². The minimum absolute atomic E-state index is 0.0570. The second-order valence-corrected chi connectivity index (χ2v) is 19.9. The largest absolute Gasteiger partial charge is 0.212 e. The van der Waals surface area contributed by atoms with Crippen LogP contribution >= 0.6 is 0 Å². The maximum atomic E-state index is 8.85. The van der Waals surface area contributed by atoms with Crippen molar-refractivity contribution in [3.05, 3.63) is 234 Å². The van der Waals surface area contributed by atoms with E-state index in [1.807, 2.05) is 106 Å². The van der Waals surface area contributed by atoms with Gasteiger partial charge in [0.25, 0.3) is 0 Å². The molecule has 75 heavy (non-hydrogen) atoms. The second-order valence-electron chi connectivity index (χ2n) is 19.9. The smallest absolute Gasteiger partial charge is 0.200 e. The van der Waals surface area contributed by atoms with E-state index < -0.39 is 50.0 Å². The topological polar surface area (TPSA) is 11.6 Å². The lowest BCUT2D eigenvalue weighted by Gasteiger charge is -2.22. The highest BCUT2D eigenvalue weighted by atomic mass is 14.9. The highest BCUT2D eigenvalue weighted by Crippen LogP contribution is 2.36. The highest BCUT2D eigenvalue weighted by molar-refractivity contribution is 5.69. The van der Waals surface area contributed by atoms with Crippen molar-refractivity contribution in [2.24, 2.45) is 27.0 Å². The quantitative estimate of drug-likeness (QED) is 0.121. The van der Waals surface area contributed by atoms with Crippen molar-refractivity contribution in [3.63, 3.8) is 0 Å². The number of pyridine rings is 3. The van der Waals surface area contributed by atoms with Crippen molar-refractivity contribution in [2.75, 3.05) is 0 Å². The third-order valence-corrected chi connectivity index (χ3v) is 14.3. The Morgan fingerprint density at radius 2 is 0.800 bits per heavy atom. The normalized spacial score (nSPS) is 23.5. The molecule has 3 aromatic heterocycles. The molecule has 2 aliphatic carbocycles. The summed E-state index contributed by atoms with van der Waals surface area (Å²) in [6.07, 6.45) is -0.824. The number of hydrogen-bond donors (Lipinski definition) is 0. The lowest BCUT2D eigenvalue weighted by molar-refractivity contribution is -0.660. The number of aryl methyl sites for hydroxylation is 6. The first-order valence-electron chi connectivity index (χ1n) is 33.2. The van der Waals surface area contributed by atoms with Crippen molar-refractivity contribution in [3.8, 4) is 67.2 Å². The van der Waals surface area contributed by atoms with Gasteiger partial charge in [0.15, 0.2) is 18.6 Å². The van der Waals surface area contributed by atoms with Crippen LogP contribution in [0.25, 0.3) is 67.2 Å². The molecule has 0 radical (unpaired) electrons. The van der Waals surface area contributed by atoms with Gasteiger partial charge >= 0.3 is 0 Å². The highest BCUT2D eigenvalue weighted by Gasteiger charge is 2.20. The van der Waals surface area contributed by atoms with E-state index in [2.05, 4.69) is 126 Å². The summed E-state index contributed by atoms with van der Waals surface area (Å²) in [6, 6.07) is 60.1. The van der Waals surface area contributed by atoms with Gasteiger partial charge in [-0.1, -0.05) is 173 Å². The molecule has 0 bridgehead atoms. The minimum atomic E-state index is -2.30. The fourth-order valence-electron chi connectivity index (χ4n) is 10.0. The van der Waals surface area contributed by atoms with Crippen LogP contribution in [0.15, 0.2) is 201 Å². The molecule has 3 unspecified atom stereocenters. The zero-order chi connectivity index (χ0) is 64.7. The lowest BCUT2D eigenvalue weighted by Crippen LogP contribution is -2.30. The van der Waals surface area contributed by atoms with Gasteiger partial charge < -0.3 is 0 Å². The molecule has 9 aromatic rings. The van der Waals surface area contributed by atoms with Gasteiger partial charge in [-0.15, -0.1) is 0 Å². The van der Waals surface area contributed by atoms with Crippen LogP contribution < -0.4 is 13.7 Å². The average Bonchev–Trinajstić information content (AvgIpc) is 1.73.